The summed E-state index contributed by atoms with van der Waals surface area (Å²) in [6.07, 6.45) is 1.09. The van der Waals surface area contributed by atoms with Crippen LogP contribution in [-0.2, 0) is 13.6 Å². The molecule has 2 aromatic heterocycles. The van der Waals surface area contributed by atoms with Crippen LogP contribution in [0.15, 0.2) is 0 Å². The Morgan fingerprint density at radius 3 is 2.47 bits per heavy atom. The van der Waals surface area contributed by atoms with E-state index in [4.69, 9.17) is 0 Å². The van der Waals surface area contributed by atoms with Crippen molar-refractivity contribution in [2.75, 3.05) is 11.9 Å². The summed E-state index contributed by atoms with van der Waals surface area (Å²) in [5.74, 6) is 2.82. The first kappa shape index (κ1) is 13.6. The second-order valence-corrected chi connectivity index (χ2v) is 4.83. The van der Waals surface area contributed by atoms with E-state index in [-0.39, 0.29) is 0 Å². The zero-order chi connectivity index (χ0) is 14.0. The second kappa shape index (κ2) is 5.42. The largest absolute Gasteiger partial charge is 0.370 e. The lowest BCUT2D eigenvalue weighted by molar-refractivity contribution is 0.654. The maximum absolute atomic E-state index is 4.49. The first-order chi connectivity index (χ1) is 9.02. The lowest BCUT2D eigenvalue weighted by atomic mass is 10.2. The molecule has 0 atom stereocenters. The smallest absolute Gasteiger partial charge is 0.147 e. The standard InChI is InChI=1S/C13H22N6/c1-6-7-14-13-12(9(2)16-18(13)5)8-19-11(4)15-10(3)17-19/h14H,6-8H2,1-5H3. The molecule has 0 aromatic carbocycles. The van der Waals surface area contributed by atoms with E-state index in [0.717, 1.165) is 36.1 Å². The van der Waals surface area contributed by atoms with Crippen molar-refractivity contribution >= 4 is 5.82 Å². The van der Waals surface area contributed by atoms with Crippen molar-refractivity contribution in [1.82, 2.24) is 24.5 Å². The summed E-state index contributed by atoms with van der Waals surface area (Å²) in [5.41, 5.74) is 2.22. The second-order valence-electron chi connectivity index (χ2n) is 4.83. The van der Waals surface area contributed by atoms with Gasteiger partial charge in [-0.15, -0.1) is 0 Å². The summed E-state index contributed by atoms with van der Waals surface area (Å²) in [6.45, 7) is 9.73. The topological polar surface area (TPSA) is 60.6 Å². The molecule has 104 valence electrons. The third kappa shape index (κ3) is 2.77. The number of anilines is 1. The molecule has 0 aliphatic rings. The lowest BCUT2D eigenvalue weighted by Gasteiger charge is -2.09. The number of hydrogen-bond donors (Lipinski definition) is 1. The Bertz CT molecular complexity index is 566. The van der Waals surface area contributed by atoms with Crippen LogP contribution in [-0.4, -0.2) is 31.1 Å². The zero-order valence-electron chi connectivity index (χ0n) is 12.4. The van der Waals surface area contributed by atoms with Crippen LogP contribution in [0.4, 0.5) is 5.82 Å². The van der Waals surface area contributed by atoms with Crippen molar-refractivity contribution in [1.29, 1.82) is 0 Å². The van der Waals surface area contributed by atoms with Crippen LogP contribution in [0.25, 0.3) is 0 Å². The van der Waals surface area contributed by atoms with Gasteiger partial charge in [-0.3, -0.25) is 4.68 Å². The Hall–Kier alpha value is -1.85. The molecule has 0 bridgehead atoms. The molecule has 0 spiro atoms. The van der Waals surface area contributed by atoms with E-state index in [9.17, 15) is 0 Å². The van der Waals surface area contributed by atoms with Gasteiger partial charge in [0.05, 0.1) is 12.2 Å². The van der Waals surface area contributed by atoms with Gasteiger partial charge in [0, 0.05) is 19.2 Å². The van der Waals surface area contributed by atoms with Crippen LogP contribution >= 0.6 is 0 Å². The number of hydrogen-bond acceptors (Lipinski definition) is 4. The predicted octanol–water partition coefficient (Wildman–Crippen LogP) is 1.81. The maximum atomic E-state index is 4.49. The normalized spacial score (nSPS) is 11.0. The summed E-state index contributed by atoms with van der Waals surface area (Å²) in [6, 6.07) is 0. The Balaban J connectivity index is 2.31. The van der Waals surface area contributed by atoms with Gasteiger partial charge in [-0.2, -0.15) is 10.2 Å². The van der Waals surface area contributed by atoms with E-state index in [2.05, 4.69) is 27.4 Å². The molecule has 6 heteroatoms. The van der Waals surface area contributed by atoms with Gasteiger partial charge >= 0.3 is 0 Å². The van der Waals surface area contributed by atoms with E-state index < -0.39 is 0 Å². The molecule has 6 nitrogen and oxygen atoms in total. The van der Waals surface area contributed by atoms with Crippen LogP contribution in [0.5, 0.6) is 0 Å². The molecule has 0 aliphatic heterocycles. The molecule has 0 radical (unpaired) electrons. The van der Waals surface area contributed by atoms with E-state index in [1.807, 2.05) is 37.2 Å². The average Bonchev–Trinajstić information content (AvgIpc) is 2.78. The molecule has 1 N–H and O–H groups in total. The summed E-state index contributed by atoms with van der Waals surface area (Å²) in [4.78, 5) is 4.34. The average molecular weight is 262 g/mol. The van der Waals surface area contributed by atoms with Gasteiger partial charge in [0.1, 0.15) is 17.5 Å². The quantitative estimate of drug-likeness (QED) is 0.892. The molecular weight excluding hydrogens is 240 g/mol. The van der Waals surface area contributed by atoms with Crippen molar-refractivity contribution in [2.24, 2.45) is 7.05 Å². The minimum Gasteiger partial charge on any atom is -0.370 e. The predicted molar refractivity (Wildman–Crippen MR) is 75.3 cm³/mol. The SMILES string of the molecule is CCCNc1c(Cn2nc(C)nc2C)c(C)nn1C. The summed E-state index contributed by atoms with van der Waals surface area (Å²) in [7, 11) is 1.97. The highest BCUT2D eigenvalue weighted by atomic mass is 15.4. The van der Waals surface area contributed by atoms with Crippen LogP contribution in [0.3, 0.4) is 0 Å². The van der Waals surface area contributed by atoms with Gasteiger partial charge in [0.25, 0.3) is 0 Å². The Labute approximate surface area is 113 Å². The molecule has 0 aliphatic carbocycles. The molecule has 0 unspecified atom stereocenters. The molecule has 0 saturated carbocycles. The Kier molecular flexibility index (Phi) is 3.87. The van der Waals surface area contributed by atoms with Gasteiger partial charge in [0.2, 0.25) is 0 Å². The van der Waals surface area contributed by atoms with Gasteiger partial charge < -0.3 is 5.32 Å². The first-order valence-electron chi connectivity index (χ1n) is 6.67. The monoisotopic (exact) mass is 262 g/mol. The third-order valence-corrected chi connectivity index (χ3v) is 3.16. The van der Waals surface area contributed by atoms with Crippen molar-refractivity contribution < 1.29 is 0 Å². The highest BCUT2D eigenvalue weighted by Crippen LogP contribution is 2.20. The molecule has 19 heavy (non-hydrogen) atoms. The zero-order valence-corrected chi connectivity index (χ0v) is 12.4. The Morgan fingerprint density at radius 2 is 1.89 bits per heavy atom. The van der Waals surface area contributed by atoms with Crippen molar-refractivity contribution in [3.8, 4) is 0 Å². The summed E-state index contributed by atoms with van der Waals surface area (Å²) in [5, 5.41) is 12.3. The van der Waals surface area contributed by atoms with E-state index in [1.54, 1.807) is 0 Å². The fourth-order valence-electron chi connectivity index (χ4n) is 2.22. The lowest BCUT2D eigenvalue weighted by Crippen LogP contribution is -2.10. The van der Waals surface area contributed by atoms with Crippen molar-refractivity contribution in [2.45, 2.75) is 40.7 Å². The highest BCUT2D eigenvalue weighted by Gasteiger charge is 2.15. The number of rotatable bonds is 5. The van der Waals surface area contributed by atoms with E-state index in [0.29, 0.717) is 6.54 Å². The van der Waals surface area contributed by atoms with E-state index in [1.165, 1.54) is 5.56 Å². The molecule has 0 saturated heterocycles. The third-order valence-electron chi connectivity index (χ3n) is 3.16. The van der Waals surface area contributed by atoms with Crippen LogP contribution in [0.2, 0.25) is 0 Å². The molecule has 2 rings (SSSR count). The van der Waals surface area contributed by atoms with Gasteiger partial charge in [-0.25, -0.2) is 9.67 Å². The van der Waals surface area contributed by atoms with Crippen LogP contribution in [0.1, 0.15) is 36.3 Å². The van der Waals surface area contributed by atoms with Gasteiger partial charge in [0.15, 0.2) is 0 Å². The first-order valence-corrected chi connectivity index (χ1v) is 6.67. The summed E-state index contributed by atoms with van der Waals surface area (Å²) >= 11 is 0. The van der Waals surface area contributed by atoms with Crippen LogP contribution < -0.4 is 5.32 Å². The Morgan fingerprint density at radius 1 is 1.16 bits per heavy atom. The van der Waals surface area contributed by atoms with Crippen LogP contribution in [0, 0.1) is 20.8 Å². The molecule has 0 amide bonds. The van der Waals surface area contributed by atoms with Crippen molar-refractivity contribution in [3.63, 3.8) is 0 Å². The summed E-state index contributed by atoms with van der Waals surface area (Å²) < 4.78 is 3.83. The van der Waals surface area contributed by atoms with Gasteiger partial charge in [-0.1, -0.05) is 6.92 Å². The maximum Gasteiger partial charge on any atom is 0.147 e. The number of nitrogens with one attached hydrogen (secondary N) is 1. The molecule has 2 aromatic rings. The van der Waals surface area contributed by atoms with Crippen molar-refractivity contribution in [3.05, 3.63) is 22.9 Å². The fraction of sp³-hybridized carbons (Fsp3) is 0.615. The van der Waals surface area contributed by atoms with E-state index >= 15 is 0 Å². The highest BCUT2D eigenvalue weighted by molar-refractivity contribution is 5.47. The molecular formula is C13H22N6. The fourth-order valence-corrected chi connectivity index (χ4v) is 2.22. The minimum atomic E-state index is 0.707. The number of nitrogens with zero attached hydrogens (tertiary/aromatic N) is 5. The molecule has 0 fully saturated rings. The minimum absolute atomic E-state index is 0.707. The van der Waals surface area contributed by atoms with Gasteiger partial charge in [-0.05, 0) is 27.2 Å². The number of aromatic nitrogens is 5. The number of aryl methyl sites for hydroxylation is 4. The molecule has 2 heterocycles.